The monoisotopic (exact) mass is 588 g/mol. The van der Waals surface area contributed by atoms with Crippen molar-refractivity contribution >= 4 is 11.9 Å². The maximum Gasteiger partial charge on any atom is 0.334 e. The van der Waals surface area contributed by atoms with Crippen molar-refractivity contribution in [3.05, 3.63) is 65.3 Å². The van der Waals surface area contributed by atoms with E-state index < -0.39 is 61.0 Å². The topological polar surface area (TPSA) is 170 Å². The van der Waals surface area contributed by atoms with E-state index in [9.17, 15) is 30.0 Å². The van der Waals surface area contributed by atoms with Gasteiger partial charge in [0.05, 0.1) is 25.0 Å². The molecule has 1 unspecified atom stereocenters. The molecule has 3 heterocycles. The number of rotatable bonds is 8. The number of aliphatic hydroxyl groups excluding tert-OH is 3. The van der Waals surface area contributed by atoms with Gasteiger partial charge in [0.2, 0.25) is 0 Å². The van der Waals surface area contributed by atoms with E-state index in [0.29, 0.717) is 30.4 Å². The third-order valence-electron chi connectivity index (χ3n) is 7.98. The number of aromatic hydroxyl groups is 1. The first-order chi connectivity index (χ1) is 20.1. The molecule has 4 N–H and O–H groups in total. The summed E-state index contributed by atoms with van der Waals surface area (Å²) in [6.45, 7) is 3.50. The number of phenols is 1. The van der Waals surface area contributed by atoms with E-state index in [1.807, 2.05) is 6.08 Å². The zero-order chi connectivity index (χ0) is 30.0. The van der Waals surface area contributed by atoms with E-state index in [2.05, 4.69) is 6.58 Å². The van der Waals surface area contributed by atoms with Crippen LogP contribution < -0.4 is 0 Å². The molecule has 0 radical (unpaired) electrons. The molecule has 1 aromatic rings. The zero-order valence-corrected chi connectivity index (χ0v) is 23.2. The Balaban J connectivity index is 1.23. The van der Waals surface area contributed by atoms with Crippen LogP contribution in [-0.2, 0) is 44.4 Å². The van der Waals surface area contributed by atoms with Gasteiger partial charge in [-0.1, -0.05) is 24.8 Å². The number of esters is 2. The second-order valence-corrected chi connectivity index (χ2v) is 10.9. The highest BCUT2D eigenvalue weighted by Crippen LogP contribution is 2.41. The lowest BCUT2D eigenvalue weighted by atomic mass is 9.86. The Morgan fingerprint density at radius 2 is 1.86 bits per heavy atom. The Hall–Kier alpha value is -3.10. The summed E-state index contributed by atoms with van der Waals surface area (Å²) >= 11 is 0. The molecule has 42 heavy (non-hydrogen) atoms. The normalized spacial score (nSPS) is 37.2. The number of hydrogen-bond donors (Lipinski definition) is 4. The van der Waals surface area contributed by atoms with Crippen LogP contribution >= 0.6 is 0 Å². The van der Waals surface area contributed by atoms with Crippen molar-refractivity contribution < 1.29 is 58.4 Å². The molecule has 1 aliphatic carbocycles. The lowest BCUT2D eigenvalue weighted by molar-refractivity contribution is -0.299. The van der Waals surface area contributed by atoms with Gasteiger partial charge in [0.15, 0.2) is 12.6 Å². The summed E-state index contributed by atoms with van der Waals surface area (Å²) in [4.78, 5) is 24.7. The van der Waals surface area contributed by atoms with Gasteiger partial charge in [-0.25, -0.2) is 4.79 Å². The van der Waals surface area contributed by atoms with E-state index in [4.69, 9.17) is 28.4 Å². The predicted molar refractivity (Wildman–Crippen MR) is 144 cm³/mol. The molecule has 3 fully saturated rings. The van der Waals surface area contributed by atoms with Crippen LogP contribution in [0.5, 0.6) is 5.75 Å². The van der Waals surface area contributed by atoms with E-state index in [1.54, 1.807) is 25.3 Å². The van der Waals surface area contributed by atoms with Gasteiger partial charge in [0.25, 0.3) is 0 Å². The fourth-order valence-corrected chi connectivity index (χ4v) is 5.67. The lowest BCUT2D eigenvalue weighted by Crippen LogP contribution is -2.59. The summed E-state index contributed by atoms with van der Waals surface area (Å²) < 4.78 is 34.0. The summed E-state index contributed by atoms with van der Waals surface area (Å²) in [5.74, 6) is -1.45. The summed E-state index contributed by atoms with van der Waals surface area (Å²) in [6, 6.07) is 6.05. The van der Waals surface area contributed by atoms with E-state index >= 15 is 0 Å². The molecule has 0 saturated carbocycles. The van der Waals surface area contributed by atoms with Crippen molar-refractivity contribution in [3.63, 3.8) is 0 Å². The maximum absolute atomic E-state index is 12.4. The first kappa shape index (κ1) is 30.4. The average molecular weight is 589 g/mol. The van der Waals surface area contributed by atoms with Gasteiger partial charge in [-0.3, -0.25) is 4.79 Å². The van der Waals surface area contributed by atoms with E-state index in [1.165, 1.54) is 12.1 Å². The van der Waals surface area contributed by atoms with Gasteiger partial charge >= 0.3 is 11.9 Å². The second-order valence-electron chi connectivity index (χ2n) is 10.9. The minimum Gasteiger partial charge on any atom is -0.508 e. The van der Waals surface area contributed by atoms with Crippen LogP contribution in [0.3, 0.4) is 0 Å². The Labute approximate surface area is 242 Å². The molecule has 0 aromatic heterocycles. The largest absolute Gasteiger partial charge is 0.508 e. The zero-order valence-electron chi connectivity index (χ0n) is 23.2. The van der Waals surface area contributed by atoms with Crippen molar-refractivity contribution in [3.8, 4) is 5.75 Å². The van der Waals surface area contributed by atoms with Crippen LogP contribution in [0.1, 0.15) is 24.8 Å². The molecule has 4 aliphatic rings. The van der Waals surface area contributed by atoms with Crippen molar-refractivity contribution in [2.75, 3.05) is 20.3 Å². The van der Waals surface area contributed by atoms with E-state index in [0.717, 1.165) is 11.1 Å². The fraction of sp³-hybridized carbons (Fsp3) is 0.533. The number of phenolic OH excluding ortho intramolecular Hbond substituents is 1. The number of aliphatic hydroxyl groups is 3. The van der Waals surface area contributed by atoms with Crippen molar-refractivity contribution in [2.45, 2.75) is 74.9 Å². The quantitative estimate of drug-likeness (QED) is 0.192. The molecule has 12 heteroatoms. The second kappa shape index (κ2) is 13.0. The highest BCUT2D eigenvalue weighted by molar-refractivity contribution is 5.91. The van der Waals surface area contributed by atoms with Crippen molar-refractivity contribution in [1.82, 2.24) is 0 Å². The molecule has 0 spiro atoms. The number of hydrogen-bond acceptors (Lipinski definition) is 12. The number of allylic oxidation sites excluding steroid dienone is 1. The summed E-state index contributed by atoms with van der Waals surface area (Å²) in [6.07, 6.45) is -3.20. The van der Waals surface area contributed by atoms with Crippen LogP contribution in [-0.4, -0.2) is 102 Å². The van der Waals surface area contributed by atoms with Gasteiger partial charge in [0, 0.05) is 19.1 Å². The Morgan fingerprint density at radius 3 is 2.60 bits per heavy atom. The Bertz CT molecular complexity index is 1220. The number of fused-ring (bicyclic) bond motifs is 4. The van der Waals surface area contributed by atoms with Crippen LogP contribution in [0.25, 0.3) is 0 Å². The van der Waals surface area contributed by atoms with Crippen LogP contribution in [0.15, 0.2) is 59.7 Å². The molecule has 5 rings (SSSR count). The molecule has 0 amide bonds. The standard InChI is InChI=1S/C30H36O12/c1-15-24-20(40-28(15)36)10-17(4-3-5-18-12-21(24)41-29(18)37-2)13-39-30-27(35)26(34)25(33)22(42-30)14-38-23(32)11-16-6-8-19(31)9-7-16/h5-10,20-22,24-27,29-31,33-35H,1,3-4,11-14H2,2H3/b17-10+,18-5+/t20-,21+,22-,24+,25-,26+,27-,29?,30-/m1/s1. The third-order valence-corrected chi connectivity index (χ3v) is 7.98. The molecular weight excluding hydrogens is 552 g/mol. The van der Waals surface area contributed by atoms with Gasteiger partial charge in [-0.15, -0.1) is 0 Å². The molecule has 3 saturated heterocycles. The predicted octanol–water partition coefficient (Wildman–Crippen LogP) is 0.808. The van der Waals surface area contributed by atoms with Gasteiger partial charge < -0.3 is 48.8 Å². The number of methoxy groups -OCH3 is 1. The summed E-state index contributed by atoms with van der Waals surface area (Å²) in [5, 5.41) is 40.8. The van der Waals surface area contributed by atoms with Gasteiger partial charge in [-0.2, -0.15) is 0 Å². The molecule has 228 valence electrons. The molecular formula is C30H36O12. The molecule has 9 atom stereocenters. The Morgan fingerprint density at radius 1 is 1.10 bits per heavy atom. The lowest BCUT2D eigenvalue weighted by Gasteiger charge is -2.40. The Kier molecular flexibility index (Phi) is 9.43. The number of carbonyl (C=O) groups is 2. The van der Waals surface area contributed by atoms with Gasteiger partial charge in [-0.05, 0) is 47.8 Å². The first-order valence-electron chi connectivity index (χ1n) is 13.9. The highest BCUT2D eigenvalue weighted by Gasteiger charge is 2.48. The number of carbonyl (C=O) groups excluding carboxylic acids is 2. The van der Waals surface area contributed by atoms with Crippen molar-refractivity contribution in [2.24, 2.45) is 5.92 Å². The van der Waals surface area contributed by atoms with E-state index in [-0.39, 0.29) is 31.5 Å². The van der Waals surface area contributed by atoms with Gasteiger partial charge in [0.1, 0.15) is 42.9 Å². The average Bonchev–Trinajstić information content (AvgIpc) is 3.49. The smallest absolute Gasteiger partial charge is 0.334 e. The number of benzene rings is 1. The molecule has 2 bridgehead atoms. The summed E-state index contributed by atoms with van der Waals surface area (Å²) in [7, 11) is 1.56. The first-order valence-corrected chi connectivity index (χ1v) is 13.9. The van der Waals surface area contributed by atoms with Crippen LogP contribution in [0, 0.1) is 5.92 Å². The minimum atomic E-state index is -1.62. The van der Waals surface area contributed by atoms with Crippen LogP contribution in [0.2, 0.25) is 0 Å². The number of ether oxygens (including phenoxy) is 6. The maximum atomic E-state index is 12.4. The molecule has 3 aliphatic heterocycles. The molecule has 12 nitrogen and oxygen atoms in total. The molecule has 1 aromatic carbocycles. The highest BCUT2D eigenvalue weighted by atomic mass is 16.7. The summed E-state index contributed by atoms with van der Waals surface area (Å²) in [5.41, 5.74) is 2.67. The minimum absolute atomic E-state index is 0.0342. The van der Waals surface area contributed by atoms with Crippen molar-refractivity contribution in [1.29, 1.82) is 0 Å². The fourth-order valence-electron chi connectivity index (χ4n) is 5.67. The third kappa shape index (κ3) is 6.60. The SMILES string of the molecule is C=C1C(=O)O[C@@H]2/C=C(/CO[C@@H]3O[C@H](COC(=O)Cc4ccc(O)cc4)[C@@H](O)[C@H](O)[C@H]3O)CC/C=C3\C[C@H](OC3OC)[C@@H]12. The van der Waals surface area contributed by atoms with Crippen LogP contribution in [0.4, 0.5) is 0 Å².